The Labute approximate surface area is 120 Å². The van der Waals surface area contributed by atoms with E-state index in [2.05, 4.69) is 18.2 Å². The Hall–Kier alpha value is -1.82. The minimum absolute atomic E-state index is 0.132. The molecule has 0 unspecified atom stereocenters. The van der Waals surface area contributed by atoms with Crippen LogP contribution in [0.3, 0.4) is 0 Å². The molecule has 0 amide bonds. The standard InChI is InChI=1S/C17H21NO2/c1-2-20-17(19)11-16(12-18)15-9-7-14(8-10-15)13-5-3-4-6-13/h7-10,13,16H,2-6,11H2,1H3/t16-/m1/s1. The average molecular weight is 271 g/mol. The number of nitriles is 1. The van der Waals surface area contributed by atoms with E-state index in [9.17, 15) is 10.1 Å². The van der Waals surface area contributed by atoms with Crippen LogP contribution < -0.4 is 0 Å². The summed E-state index contributed by atoms with van der Waals surface area (Å²) in [5.74, 6) is -0.0414. The number of benzene rings is 1. The lowest BCUT2D eigenvalue weighted by Gasteiger charge is -2.12. The van der Waals surface area contributed by atoms with Crippen molar-refractivity contribution in [1.82, 2.24) is 0 Å². The van der Waals surface area contributed by atoms with Crippen molar-refractivity contribution in [3.63, 3.8) is 0 Å². The Bertz CT molecular complexity index is 481. The smallest absolute Gasteiger partial charge is 0.307 e. The fraction of sp³-hybridized carbons (Fsp3) is 0.529. The molecule has 106 valence electrons. The molecule has 1 fully saturated rings. The molecule has 1 aliphatic carbocycles. The first-order valence-electron chi connectivity index (χ1n) is 7.39. The molecule has 1 aromatic carbocycles. The molecule has 2 rings (SSSR count). The monoisotopic (exact) mass is 271 g/mol. The third-order valence-corrected chi connectivity index (χ3v) is 4.00. The van der Waals surface area contributed by atoms with Crippen molar-refractivity contribution in [3.8, 4) is 6.07 Å². The maximum Gasteiger partial charge on any atom is 0.307 e. The zero-order valence-corrected chi connectivity index (χ0v) is 12.0. The molecule has 0 heterocycles. The zero-order valence-electron chi connectivity index (χ0n) is 12.0. The van der Waals surface area contributed by atoms with E-state index in [1.807, 2.05) is 12.1 Å². The SMILES string of the molecule is CCOC(=O)C[C@H](C#N)c1ccc(C2CCCC2)cc1. The normalized spacial score (nSPS) is 16.6. The molecule has 1 atom stereocenters. The lowest BCUT2D eigenvalue weighted by molar-refractivity contribution is -0.143. The van der Waals surface area contributed by atoms with E-state index in [1.165, 1.54) is 31.2 Å². The number of rotatable bonds is 5. The van der Waals surface area contributed by atoms with Crippen molar-refractivity contribution >= 4 is 5.97 Å². The molecule has 0 spiro atoms. The number of hydrogen-bond donors (Lipinski definition) is 0. The van der Waals surface area contributed by atoms with E-state index in [1.54, 1.807) is 6.92 Å². The summed E-state index contributed by atoms with van der Waals surface area (Å²) in [6.07, 6.45) is 5.30. The molecule has 0 aromatic heterocycles. The second-order valence-electron chi connectivity index (χ2n) is 5.34. The minimum Gasteiger partial charge on any atom is -0.466 e. The van der Waals surface area contributed by atoms with Crippen LogP contribution in [0.1, 0.15) is 62.0 Å². The minimum atomic E-state index is -0.410. The van der Waals surface area contributed by atoms with E-state index in [4.69, 9.17) is 4.74 Å². The number of nitrogens with zero attached hydrogens (tertiary/aromatic N) is 1. The van der Waals surface area contributed by atoms with Crippen LogP contribution in [0.25, 0.3) is 0 Å². The molecule has 3 nitrogen and oxygen atoms in total. The highest BCUT2D eigenvalue weighted by molar-refractivity contribution is 5.71. The van der Waals surface area contributed by atoms with E-state index >= 15 is 0 Å². The summed E-state index contributed by atoms with van der Waals surface area (Å²) >= 11 is 0. The molecule has 0 saturated heterocycles. The molecule has 0 radical (unpaired) electrons. The van der Waals surface area contributed by atoms with Crippen LogP contribution in [-0.4, -0.2) is 12.6 Å². The first-order chi connectivity index (χ1) is 9.74. The van der Waals surface area contributed by atoms with Crippen molar-refractivity contribution in [2.24, 2.45) is 0 Å². The molecule has 1 aliphatic rings. The highest BCUT2D eigenvalue weighted by Gasteiger charge is 2.19. The Morgan fingerprint density at radius 1 is 1.35 bits per heavy atom. The van der Waals surface area contributed by atoms with Crippen LogP contribution in [0.4, 0.5) is 0 Å². The summed E-state index contributed by atoms with van der Waals surface area (Å²) in [5.41, 5.74) is 2.27. The molecule has 1 saturated carbocycles. The number of carbonyl (C=O) groups excluding carboxylic acids is 1. The number of hydrogen-bond acceptors (Lipinski definition) is 3. The van der Waals surface area contributed by atoms with Crippen LogP contribution in [0.15, 0.2) is 24.3 Å². The largest absolute Gasteiger partial charge is 0.466 e. The van der Waals surface area contributed by atoms with Crippen molar-refractivity contribution in [2.75, 3.05) is 6.61 Å². The van der Waals surface area contributed by atoms with E-state index in [0.29, 0.717) is 12.5 Å². The third kappa shape index (κ3) is 3.60. The molecule has 20 heavy (non-hydrogen) atoms. The fourth-order valence-corrected chi connectivity index (χ4v) is 2.88. The van der Waals surface area contributed by atoms with Gasteiger partial charge in [0.1, 0.15) is 0 Å². The van der Waals surface area contributed by atoms with Gasteiger partial charge >= 0.3 is 5.97 Å². The van der Waals surface area contributed by atoms with Crippen LogP contribution >= 0.6 is 0 Å². The van der Waals surface area contributed by atoms with E-state index in [0.717, 1.165) is 5.56 Å². The van der Waals surface area contributed by atoms with Gasteiger partial charge in [-0.1, -0.05) is 37.1 Å². The Morgan fingerprint density at radius 3 is 2.55 bits per heavy atom. The summed E-state index contributed by atoms with van der Waals surface area (Å²) in [6.45, 7) is 2.13. The zero-order chi connectivity index (χ0) is 14.4. The predicted octanol–water partition coefficient (Wildman–Crippen LogP) is 3.90. The fourth-order valence-electron chi connectivity index (χ4n) is 2.88. The number of carbonyl (C=O) groups is 1. The highest BCUT2D eigenvalue weighted by Crippen LogP contribution is 2.34. The summed E-state index contributed by atoms with van der Waals surface area (Å²) in [5, 5.41) is 9.22. The molecule has 0 aliphatic heterocycles. The second kappa shape index (κ2) is 7.09. The van der Waals surface area contributed by atoms with Gasteiger partial charge in [0, 0.05) is 0 Å². The molecular formula is C17H21NO2. The summed E-state index contributed by atoms with van der Waals surface area (Å²) in [4.78, 5) is 11.5. The van der Waals surface area contributed by atoms with Crippen LogP contribution in [0, 0.1) is 11.3 Å². The number of esters is 1. The third-order valence-electron chi connectivity index (χ3n) is 4.00. The first kappa shape index (κ1) is 14.6. The Morgan fingerprint density at radius 2 is 2.00 bits per heavy atom. The second-order valence-corrected chi connectivity index (χ2v) is 5.34. The van der Waals surface area contributed by atoms with Crippen LogP contribution in [0.2, 0.25) is 0 Å². The quantitative estimate of drug-likeness (QED) is 0.763. The van der Waals surface area contributed by atoms with Gasteiger partial charge in [0.15, 0.2) is 0 Å². The lowest BCUT2D eigenvalue weighted by atomic mass is 9.92. The van der Waals surface area contributed by atoms with Crippen LogP contribution in [-0.2, 0) is 9.53 Å². The molecular weight excluding hydrogens is 250 g/mol. The molecule has 1 aromatic rings. The summed E-state index contributed by atoms with van der Waals surface area (Å²) in [7, 11) is 0. The Kier molecular flexibility index (Phi) is 5.17. The van der Waals surface area contributed by atoms with E-state index < -0.39 is 5.92 Å². The maximum atomic E-state index is 11.5. The Balaban J connectivity index is 2.03. The van der Waals surface area contributed by atoms with Crippen molar-refractivity contribution in [3.05, 3.63) is 35.4 Å². The summed E-state index contributed by atoms with van der Waals surface area (Å²) in [6, 6.07) is 10.4. The maximum absolute atomic E-state index is 11.5. The number of ether oxygens (including phenoxy) is 1. The van der Waals surface area contributed by atoms with Gasteiger partial charge in [-0.05, 0) is 36.8 Å². The predicted molar refractivity (Wildman–Crippen MR) is 77.3 cm³/mol. The van der Waals surface area contributed by atoms with Gasteiger partial charge in [0.05, 0.1) is 25.0 Å². The van der Waals surface area contributed by atoms with Gasteiger partial charge in [-0.3, -0.25) is 4.79 Å². The molecule has 0 N–H and O–H groups in total. The van der Waals surface area contributed by atoms with Gasteiger partial charge in [0.25, 0.3) is 0 Å². The van der Waals surface area contributed by atoms with Crippen LogP contribution in [0.5, 0.6) is 0 Å². The average Bonchev–Trinajstić information content (AvgIpc) is 2.99. The van der Waals surface area contributed by atoms with Gasteiger partial charge in [-0.2, -0.15) is 5.26 Å². The van der Waals surface area contributed by atoms with Gasteiger partial charge in [0.2, 0.25) is 0 Å². The van der Waals surface area contributed by atoms with Gasteiger partial charge in [-0.15, -0.1) is 0 Å². The molecule has 0 bridgehead atoms. The van der Waals surface area contributed by atoms with Gasteiger partial charge < -0.3 is 4.74 Å². The summed E-state index contributed by atoms with van der Waals surface area (Å²) < 4.78 is 4.91. The van der Waals surface area contributed by atoms with Crippen molar-refractivity contribution < 1.29 is 9.53 Å². The lowest BCUT2D eigenvalue weighted by Crippen LogP contribution is -2.09. The topological polar surface area (TPSA) is 50.1 Å². The van der Waals surface area contributed by atoms with Crippen molar-refractivity contribution in [2.45, 2.75) is 50.9 Å². The van der Waals surface area contributed by atoms with Gasteiger partial charge in [-0.25, -0.2) is 0 Å². The van der Waals surface area contributed by atoms with E-state index in [-0.39, 0.29) is 12.4 Å². The first-order valence-corrected chi connectivity index (χ1v) is 7.39. The highest BCUT2D eigenvalue weighted by atomic mass is 16.5. The molecule has 3 heteroatoms. The van der Waals surface area contributed by atoms with Crippen molar-refractivity contribution in [1.29, 1.82) is 5.26 Å².